The molecule has 2 amide bonds. The molecule has 4 N–H and O–H groups in total. The molecule has 0 saturated heterocycles. The molecule has 8 atom stereocenters. The number of allylic oxidation sites excluding steroid dienone is 1. The smallest absolute Gasteiger partial charge is 0.336 e. The van der Waals surface area contributed by atoms with Crippen LogP contribution in [-0.2, 0) is 28.7 Å². The Morgan fingerprint density at radius 2 is 1.62 bits per heavy atom. The van der Waals surface area contributed by atoms with Crippen LogP contribution in [0.4, 0.5) is 5.69 Å². The number of anilines is 1. The number of rotatable bonds is 21. The normalized spacial score (nSPS) is 26.9. The predicted octanol–water partition coefficient (Wildman–Crippen LogP) is 8.65. The number of nitrogens with one attached hydrogen (secondary N) is 2. The van der Waals surface area contributed by atoms with Gasteiger partial charge in [0.2, 0.25) is 11.8 Å². The molecule has 13 nitrogen and oxygen atoms in total. The number of hydrogen-bond acceptors (Lipinski definition) is 9. The molecule has 3 saturated carbocycles. The van der Waals surface area contributed by atoms with Crippen LogP contribution >= 0.6 is 0 Å². The van der Waals surface area contributed by atoms with Gasteiger partial charge in [0.1, 0.15) is 17.7 Å². The highest BCUT2D eigenvalue weighted by Crippen LogP contribution is 2.67. The fourth-order valence-corrected chi connectivity index (χ4v) is 12.2. The van der Waals surface area contributed by atoms with E-state index >= 15 is 0 Å². The molecule has 63 heavy (non-hydrogen) atoms. The maximum absolute atomic E-state index is 14.0. The van der Waals surface area contributed by atoms with Crippen LogP contribution in [0.25, 0.3) is 11.0 Å². The van der Waals surface area contributed by atoms with Crippen LogP contribution in [0.2, 0.25) is 0 Å². The summed E-state index contributed by atoms with van der Waals surface area (Å²) < 4.78 is 11.4. The Labute approximate surface area is 372 Å². The van der Waals surface area contributed by atoms with Gasteiger partial charge in [0, 0.05) is 49.0 Å². The number of hydrogen-bond donors (Lipinski definition) is 4. The molecule has 3 unspecified atom stereocenters. The molecule has 3 fully saturated rings. The number of aryl methyl sites for hydroxylation is 1. The first-order chi connectivity index (χ1) is 30.0. The van der Waals surface area contributed by atoms with Gasteiger partial charge in [-0.3, -0.25) is 28.9 Å². The number of nitrogens with zero attached hydrogens (tertiary/aromatic N) is 1. The average molecular weight is 874 g/mol. The van der Waals surface area contributed by atoms with Gasteiger partial charge in [-0.2, -0.15) is 0 Å². The van der Waals surface area contributed by atoms with Crippen molar-refractivity contribution in [3.8, 4) is 0 Å². The lowest BCUT2D eigenvalue weighted by Crippen LogP contribution is -2.51. The number of fused-ring (bicyclic) bond motifs is 6. The van der Waals surface area contributed by atoms with Gasteiger partial charge < -0.3 is 30.0 Å². The number of carboxylic acids is 2. The maximum Gasteiger partial charge on any atom is 0.336 e. The zero-order valence-electron chi connectivity index (χ0n) is 38.2. The van der Waals surface area contributed by atoms with Crippen LogP contribution in [-0.4, -0.2) is 76.6 Å². The Balaban J connectivity index is 0.991. The van der Waals surface area contributed by atoms with Crippen molar-refractivity contribution in [2.75, 3.05) is 25.0 Å². The molecule has 6 rings (SSSR count). The lowest BCUT2D eigenvalue weighted by atomic mass is 9.47. The van der Waals surface area contributed by atoms with Gasteiger partial charge in [-0.1, -0.05) is 58.6 Å². The van der Waals surface area contributed by atoms with Crippen LogP contribution in [0.1, 0.15) is 142 Å². The molecule has 13 heteroatoms. The van der Waals surface area contributed by atoms with E-state index in [-0.39, 0.29) is 49.1 Å². The van der Waals surface area contributed by atoms with Gasteiger partial charge in [-0.15, -0.1) is 0 Å². The molecule has 1 aromatic heterocycles. The van der Waals surface area contributed by atoms with E-state index in [9.17, 15) is 39.0 Å². The summed E-state index contributed by atoms with van der Waals surface area (Å²) in [5.74, 6) is -0.175. The molecule has 1 heterocycles. The maximum atomic E-state index is 14.0. The van der Waals surface area contributed by atoms with Gasteiger partial charge in [0.15, 0.2) is 0 Å². The van der Waals surface area contributed by atoms with Gasteiger partial charge in [0.05, 0.1) is 13.1 Å². The topological polar surface area (TPSA) is 193 Å². The summed E-state index contributed by atoms with van der Waals surface area (Å²) in [7, 11) is 0. The minimum absolute atomic E-state index is 0.0611. The van der Waals surface area contributed by atoms with Crippen molar-refractivity contribution in [2.45, 2.75) is 156 Å². The molecule has 2 aromatic rings. The molecule has 0 spiro atoms. The van der Waals surface area contributed by atoms with E-state index in [4.69, 9.17) is 9.15 Å². The van der Waals surface area contributed by atoms with Crippen molar-refractivity contribution in [3.05, 3.63) is 51.9 Å². The summed E-state index contributed by atoms with van der Waals surface area (Å²) in [6.45, 7) is 10.4. The number of aliphatic carboxylic acids is 2. The van der Waals surface area contributed by atoms with Crippen LogP contribution in [0.3, 0.4) is 0 Å². The van der Waals surface area contributed by atoms with Crippen molar-refractivity contribution in [2.24, 2.45) is 40.4 Å². The highest BCUT2D eigenvalue weighted by molar-refractivity contribution is 5.95. The molecular formula is C50H71N3O10. The first-order valence-corrected chi connectivity index (χ1v) is 23.7. The second kappa shape index (κ2) is 21.0. The van der Waals surface area contributed by atoms with Gasteiger partial charge in [-0.25, -0.2) is 4.79 Å². The summed E-state index contributed by atoms with van der Waals surface area (Å²) in [5, 5.41) is 25.6. The molecule has 0 aliphatic heterocycles. The number of esters is 1. The van der Waals surface area contributed by atoms with Crippen LogP contribution in [0, 0.1) is 47.3 Å². The minimum atomic E-state index is -1.24. The summed E-state index contributed by atoms with van der Waals surface area (Å²) in [6.07, 6.45) is 16.8. The third-order valence-corrected chi connectivity index (χ3v) is 15.6. The van der Waals surface area contributed by atoms with E-state index in [2.05, 4.69) is 44.4 Å². The third-order valence-electron chi connectivity index (χ3n) is 15.6. The summed E-state index contributed by atoms with van der Waals surface area (Å²) in [5.41, 5.74) is 2.92. The SMILES string of the molecule is Cc1cc(=O)oc2cc(NC(=O)CCC(=O)NCCCC[C@@H](C(=O)O[C@H]3CC[C@@]4(C)C(=CCC5C4CC[C@@]4(C)C5CC[C@@H]4CCCCC(C)C)C3)N(CC(=O)O)CC(=O)O)ccc12. The number of carbonyl (C=O) groups excluding carboxylic acids is 3. The molecule has 4 aliphatic carbocycles. The van der Waals surface area contributed by atoms with Gasteiger partial charge >= 0.3 is 23.5 Å². The fraction of sp³-hybridized carbons (Fsp3) is 0.680. The Morgan fingerprint density at radius 3 is 2.35 bits per heavy atom. The number of benzene rings is 1. The molecule has 1 aromatic carbocycles. The second-order valence-corrected chi connectivity index (χ2v) is 20.1. The van der Waals surface area contributed by atoms with Crippen LogP contribution in [0.5, 0.6) is 0 Å². The van der Waals surface area contributed by atoms with Crippen molar-refractivity contribution < 1.29 is 43.3 Å². The quantitative estimate of drug-likeness (QED) is 0.0406. The fourth-order valence-electron chi connectivity index (χ4n) is 12.2. The first kappa shape index (κ1) is 47.9. The van der Waals surface area contributed by atoms with Crippen LogP contribution in [0.15, 0.2) is 45.1 Å². The number of carboxylic acid groups (broad SMARTS) is 2. The van der Waals surface area contributed by atoms with Crippen molar-refractivity contribution in [1.82, 2.24) is 10.2 Å². The second-order valence-electron chi connectivity index (χ2n) is 20.1. The average Bonchev–Trinajstić information content (AvgIpc) is 3.55. The van der Waals surface area contributed by atoms with E-state index in [1.807, 2.05) is 0 Å². The van der Waals surface area contributed by atoms with Gasteiger partial charge in [0.25, 0.3) is 0 Å². The summed E-state index contributed by atoms with van der Waals surface area (Å²) in [6, 6.07) is 5.32. The first-order valence-electron chi connectivity index (χ1n) is 23.7. The third kappa shape index (κ3) is 11.8. The van der Waals surface area contributed by atoms with E-state index in [1.54, 1.807) is 25.1 Å². The summed E-state index contributed by atoms with van der Waals surface area (Å²) >= 11 is 0. The zero-order chi connectivity index (χ0) is 45.5. The zero-order valence-corrected chi connectivity index (χ0v) is 38.2. The molecular weight excluding hydrogens is 803 g/mol. The highest BCUT2D eigenvalue weighted by atomic mass is 16.5. The summed E-state index contributed by atoms with van der Waals surface area (Å²) in [4.78, 5) is 75.8. The standard InChI is InChI=1S/C50H71N3O10/c1-31(2)10-6-7-11-33-14-18-39-38-16-13-34-27-36(21-23-50(34,5)40(38)22-24-49(33,39)4)62-48(61)41(53(29-45(56)57)30-46(58)59)12-8-9-25-51-43(54)19-20-44(55)52-35-15-17-37-32(3)26-47(60)63-42(37)28-35/h13,15,17,26,28,31,33,36,38-41H,6-12,14,16,18-25,27,29-30H2,1-5H3,(H,51,54)(H,52,55)(H,56,57)(H,58,59)/t33-,36-,38?,39?,40?,41-,49+,50-/m0/s1. The Hall–Kier alpha value is -4.52. The number of unbranched alkanes of at least 4 members (excludes halogenated alkanes) is 2. The van der Waals surface area contributed by atoms with Crippen LogP contribution < -0.4 is 16.3 Å². The lowest BCUT2D eigenvalue weighted by Gasteiger charge is -2.58. The Kier molecular flexibility index (Phi) is 16.0. The highest BCUT2D eigenvalue weighted by Gasteiger charge is 2.58. The van der Waals surface area contributed by atoms with Crippen molar-refractivity contribution >= 4 is 46.4 Å². The van der Waals surface area contributed by atoms with E-state index < -0.39 is 42.7 Å². The van der Waals surface area contributed by atoms with Crippen molar-refractivity contribution in [3.63, 3.8) is 0 Å². The molecule has 346 valence electrons. The number of amides is 2. The predicted molar refractivity (Wildman–Crippen MR) is 241 cm³/mol. The number of carbonyl (C=O) groups is 5. The Bertz CT molecular complexity index is 2060. The molecule has 4 aliphatic rings. The molecule has 0 radical (unpaired) electrons. The van der Waals surface area contributed by atoms with Gasteiger partial charge in [-0.05, 0) is 136 Å². The van der Waals surface area contributed by atoms with E-state index in [0.29, 0.717) is 54.2 Å². The Morgan fingerprint density at radius 1 is 0.889 bits per heavy atom. The van der Waals surface area contributed by atoms with E-state index in [0.717, 1.165) is 46.4 Å². The number of ether oxygens (including phenoxy) is 1. The lowest BCUT2D eigenvalue weighted by molar-refractivity contribution is -0.160. The van der Waals surface area contributed by atoms with Crippen molar-refractivity contribution in [1.29, 1.82) is 0 Å². The molecule has 0 bridgehead atoms. The monoisotopic (exact) mass is 874 g/mol. The van der Waals surface area contributed by atoms with E-state index in [1.165, 1.54) is 63.0 Å². The largest absolute Gasteiger partial charge is 0.480 e. The minimum Gasteiger partial charge on any atom is -0.480 e.